The maximum Gasteiger partial charge on any atom is 0.492 e. The second-order valence-corrected chi connectivity index (χ2v) is 8.46. The molecule has 3 rings (SSSR count). The lowest BCUT2D eigenvalue weighted by atomic mass is 9.76. The number of fused-ring (bicyclic) bond motifs is 1. The smallest absolute Gasteiger partial charge is 0.400 e. The summed E-state index contributed by atoms with van der Waals surface area (Å²) in [6, 6.07) is 6.16. The van der Waals surface area contributed by atoms with Gasteiger partial charge >= 0.3 is 7.12 Å². The number of carbonyl (C=O) groups is 2. The van der Waals surface area contributed by atoms with E-state index in [1.165, 1.54) is 12.5 Å². The van der Waals surface area contributed by atoms with E-state index in [9.17, 15) is 9.59 Å². The normalized spacial score (nSPS) is 21.1. The summed E-state index contributed by atoms with van der Waals surface area (Å²) in [7, 11) is -0.514. The van der Waals surface area contributed by atoms with Gasteiger partial charge in [0, 0.05) is 26.3 Å². The zero-order chi connectivity index (χ0) is 19.8. The van der Waals surface area contributed by atoms with Crippen molar-refractivity contribution in [2.75, 3.05) is 6.54 Å². The Kier molecular flexibility index (Phi) is 5.32. The number of amides is 1. The Bertz CT molecular complexity index is 781. The molecule has 0 radical (unpaired) electrons. The third-order valence-corrected chi connectivity index (χ3v) is 5.74. The van der Waals surface area contributed by atoms with Crippen molar-refractivity contribution in [3.05, 3.63) is 40.4 Å². The van der Waals surface area contributed by atoms with Crippen LogP contribution < -0.4 is 5.32 Å². The number of hydrogen-bond acceptors (Lipinski definition) is 4. The fourth-order valence-electron chi connectivity index (χ4n) is 3.35. The van der Waals surface area contributed by atoms with Gasteiger partial charge in [-0.15, -0.1) is 0 Å². The van der Waals surface area contributed by atoms with Gasteiger partial charge in [-0.3, -0.25) is 9.59 Å². The molecule has 1 heterocycles. The topological polar surface area (TPSA) is 64.6 Å². The molecule has 0 saturated carbocycles. The number of hydrogen-bond donors (Lipinski definition) is 1. The zero-order valence-corrected chi connectivity index (χ0v) is 16.8. The first-order valence-electron chi connectivity index (χ1n) is 9.51. The van der Waals surface area contributed by atoms with E-state index in [2.05, 4.69) is 11.4 Å². The standard InChI is InChI=1S/C21H28BNO4/c1-14(24)23-13-18(22-26-20(2,3)21(4,5)27-22)11-15-6-7-17-12-19(25)9-8-16(17)10-15/h6-7,10-11H,8-9,12-13H2,1-5H3,(H,23,24). The van der Waals surface area contributed by atoms with Crippen LogP contribution in [0.15, 0.2) is 23.7 Å². The van der Waals surface area contributed by atoms with Gasteiger partial charge in [0.05, 0.1) is 11.2 Å². The van der Waals surface area contributed by atoms with E-state index in [1.807, 2.05) is 45.9 Å². The Morgan fingerprint density at radius 1 is 1.15 bits per heavy atom. The first-order chi connectivity index (χ1) is 12.6. The van der Waals surface area contributed by atoms with Gasteiger partial charge in [-0.25, -0.2) is 0 Å². The van der Waals surface area contributed by atoms with Crippen LogP contribution in [-0.2, 0) is 31.7 Å². The number of Topliss-reactive ketones (excluding diaryl/α,β-unsaturated/α-hetero) is 1. The van der Waals surface area contributed by atoms with Crippen LogP contribution in [0.4, 0.5) is 0 Å². The van der Waals surface area contributed by atoms with E-state index in [4.69, 9.17) is 9.31 Å². The Morgan fingerprint density at radius 2 is 1.81 bits per heavy atom. The van der Waals surface area contributed by atoms with Crippen LogP contribution in [-0.4, -0.2) is 36.6 Å². The Hall–Kier alpha value is -1.92. The molecular formula is C21H28BNO4. The van der Waals surface area contributed by atoms with Crippen molar-refractivity contribution < 1.29 is 18.9 Å². The summed E-state index contributed by atoms with van der Waals surface area (Å²) in [5.41, 5.74) is 3.35. The molecule has 1 amide bonds. The maximum absolute atomic E-state index is 11.6. The molecule has 0 atom stereocenters. The SMILES string of the molecule is CC(=O)NCC(=Cc1ccc2c(c1)CCC(=O)C2)B1OC(C)(C)C(C)(C)O1. The number of ketones is 1. The van der Waals surface area contributed by atoms with Crippen LogP contribution in [0.25, 0.3) is 6.08 Å². The predicted octanol–water partition coefficient (Wildman–Crippen LogP) is 2.90. The summed E-state index contributed by atoms with van der Waals surface area (Å²) in [5, 5.41) is 2.85. The average Bonchev–Trinajstić information content (AvgIpc) is 2.79. The summed E-state index contributed by atoms with van der Waals surface area (Å²) < 4.78 is 12.3. The Morgan fingerprint density at radius 3 is 2.44 bits per heavy atom. The van der Waals surface area contributed by atoms with Gasteiger partial charge in [0.25, 0.3) is 0 Å². The van der Waals surface area contributed by atoms with Crippen LogP contribution >= 0.6 is 0 Å². The first-order valence-corrected chi connectivity index (χ1v) is 9.51. The lowest BCUT2D eigenvalue weighted by Crippen LogP contribution is -2.41. The van der Waals surface area contributed by atoms with Crippen LogP contribution in [0.5, 0.6) is 0 Å². The van der Waals surface area contributed by atoms with Gasteiger partial charge in [-0.05, 0) is 56.3 Å². The van der Waals surface area contributed by atoms with E-state index in [0.29, 0.717) is 25.2 Å². The minimum absolute atomic E-state index is 0.0960. The van der Waals surface area contributed by atoms with Gasteiger partial charge < -0.3 is 14.6 Å². The summed E-state index contributed by atoms with van der Waals surface area (Å²) in [6.07, 6.45) is 3.94. The van der Waals surface area contributed by atoms with Gasteiger partial charge in [-0.1, -0.05) is 24.3 Å². The van der Waals surface area contributed by atoms with Crippen LogP contribution in [0.3, 0.4) is 0 Å². The minimum atomic E-state index is -0.514. The van der Waals surface area contributed by atoms with Crippen molar-refractivity contribution in [3.63, 3.8) is 0 Å². The second-order valence-electron chi connectivity index (χ2n) is 8.46. The van der Waals surface area contributed by atoms with Crippen LogP contribution in [0.1, 0.15) is 57.7 Å². The molecule has 1 aliphatic carbocycles. The van der Waals surface area contributed by atoms with Crippen LogP contribution in [0.2, 0.25) is 0 Å². The highest BCUT2D eigenvalue weighted by molar-refractivity contribution is 6.56. The van der Waals surface area contributed by atoms with E-state index in [-0.39, 0.29) is 5.91 Å². The van der Waals surface area contributed by atoms with Crippen molar-refractivity contribution in [2.24, 2.45) is 0 Å². The molecule has 1 aromatic carbocycles. The molecule has 1 fully saturated rings. The molecule has 27 heavy (non-hydrogen) atoms. The highest BCUT2D eigenvalue weighted by Gasteiger charge is 2.52. The van der Waals surface area contributed by atoms with Crippen molar-refractivity contribution in [1.82, 2.24) is 5.32 Å². The van der Waals surface area contributed by atoms with Crippen molar-refractivity contribution >= 4 is 24.9 Å². The van der Waals surface area contributed by atoms with Gasteiger partial charge in [0.2, 0.25) is 5.91 Å². The fraction of sp³-hybridized carbons (Fsp3) is 0.524. The summed E-state index contributed by atoms with van der Waals surface area (Å²) in [4.78, 5) is 23.1. The largest absolute Gasteiger partial charge is 0.492 e. The zero-order valence-electron chi connectivity index (χ0n) is 16.8. The predicted molar refractivity (Wildman–Crippen MR) is 106 cm³/mol. The number of rotatable bonds is 4. The van der Waals surface area contributed by atoms with Crippen molar-refractivity contribution in [2.45, 2.75) is 65.1 Å². The third-order valence-electron chi connectivity index (χ3n) is 5.74. The second kappa shape index (κ2) is 7.25. The average molecular weight is 369 g/mol. The monoisotopic (exact) mass is 369 g/mol. The maximum atomic E-state index is 11.6. The number of aryl methyl sites for hydroxylation is 1. The van der Waals surface area contributed by atoms with E-state index in [0.717, 1.165) is 23.0 Å². The molecule has 0 unspecified atom stereocenters. The Balaban J connectivity index is 1.89. The number of benzene rings is 1. The quantitative estimate of drug-likeness (QED) is 0.829. The lowest BCUT2D eigenvalue weighted by molar-refractivity contribution is -0.119. The molecule has 0 spiro atoms. The summed E-state index contributed by atoms with van der Waals surface area (Å²) >= 11 is 0. The van der Waals surface area contributed by atoms with Crippen molar-refractivity contribution in [3.8, 4) is 0 Å². The van der Waals surface area contributed by atoms with Crippen molar-refractivity contribution in [1.29, 1.82) is 0 Å². The fourth-order valence-corrected chi connectivity index (χ4v) is 3.35. The summed E-state index contributed by atoms with van der Waals surface area (Å²) in [5.74, 6) is 0.204. The van der Waals surface area contributed by atoms with E-state index >= 15 is 0 Å². The van der Waals surface area contributed by atoms with E-state index in [1.54, 1.807) is 0 Å². The minimum Gasteiger partial charge on any atom is -0.400 e. The highest BCUT2D eigenvalue weighted by atomic mass is 16.7. The van der Waals surface area contributed by atoms with Gasteiger partial charge in [0.1, 0.15) is 5.78 Å². The van der Waals surface area contributed by atoms with Gasteiger partial charge in [-0.2, -0.15) is 0 Å². The lowest BCUT2D eigenvalue weighted by Gasteiger charge is -2.32. The molecule has 1 aliphatic heterocycles. The van der Waals surface area contributed by atoms with Crippen LogP contribution in [0, 0.1) is 0 Å². The van der Waals surface area contributed by atoms with Gasteiger partial charge in [0.15, 0.2) is 0 Å². The molecule has 0 bridgehead atoms. The molecule has 6 heteroatoms. The number of carbonyl (C=O) groups excluding carboxylic acids is 2. The highest BCUT2D eigenvalue weighted by Crippen LogP contribution is 2.38. The molecule has 1 N–H and O–H groups in total. The first kappa shape index (κ1) is 19.8. The molecule has 0 aromatic heterocycles. The van der Waals surface area contributed by atoms with E-state index < -0.39 is 18.3 Å². The molecule has 144 valence electrons. The molecule has 5 nitrogen and oxygen atoms in total. The third kappa shape index (κ3) is 4.33. The molecule has 1 aromatic rings. The Labute approximate surface area is 161 Å². The number of nitrogens with one attached hydrogen (secondary N) is 1. The summed E-state index contributed by atoms with van der Waals surface area (Å²) in [6.45, 7) is 9.91. The molecule has 2 aliphatic rings. The molecular weight excluding hydrogens is 341 g/mol. The molecule has 1 saturated heterocycles.